The van der Waals surface area contributed by atoms with Gasteiger partial charge in [0.15, 0.2) is 0 Å². The Kier molecular flexibility index (Phi) is 5.03. The molecule has 0 aromatic carbocycles. The average Bonchev–Trinajstić information content (AvgIpc) is 3.32. The van der Waals surface area contributed by atoms with Crippen molar-refractivity contribution in [1.82, 2.24) is 24.8 Å². The standard InChI is InChI=1S/C20H22F3N5O2/c1-11(2)14-9-13(20(21,22)23)16-17(26-30-18(16)25-14)12-5-4-8-28(10-12)19(29)15-6-7-24-27(15)3/h6-7,9,11-12H,4-5,8,10H2,1-3H3. The van der Waals surface area contributed by atoms with E-state index in [0.29, 0.717) is 30.8 Å². The van der Waals surface area contributed by atoms with E-state index in [-0.39, 0.29) is 41.1 Å². The van der Waals surface area contributed by atoms with E-state index in [1.807, 2.05) is 0 Å². The maximum Gasteiger partial charge on any atom is 0.417 e. The van der Waals surface area contributed by atoms with E-state index in [1.165, 1.54) is 10.9 Å². The number of nitrogens with zero attached hydrogens (tertiary/aromatic N) is 5. The van der Waals surface area contributed by atoms with Crippen molar-refractivity contribution in [3.63, 3.8) is 0 Å². The summed E-state index contributed by atoms with van der Waals surface area (Å²) in [6, 6.07) is 2.70. The summed E-state index contributed by atoms with van der Waals surface area (Å²) in [6.45, 7) is 4.33. The smallest absolute Gasteiger partial charge is 0.337 e. The second kappa shape index (κ2) is 7.41. The molecule has 30 heavy (non-hydrogen) atoms. The second-order valence-electron chi connectivity index (χ2n) is 7.93. The highest BCUT2D eigenvalue weighted by molar-refractivity contribution is 5.92. The summed E-state index contributed by atoms with van der Waals surface area (Å²) in [6.07, 6.45) is -1.76. The number of hydrogen-bond donors (Lipinski definition) is 0. The molecule has 1 atom stereocenters. The van der Waals surface area contributed by atoms with Crippen LogP contribution in [0.1, 0.15) is 66.0 Å². The van der Waals surface area contributed by atoms with E-state index < -0.39 is 11.7 Å². The molecule has 3 aromatic heterocycles. The number of aromatic nitrogens is 4. The monoisotopic (exact) mass is 421 g/mol. The molecule has 0 N–H and O–H groups in total. The van der Waals surface area contributed by atoms with E-state index in [4.69, 9.17) is 4.52 Å². The lowest BCUT2D eigenvalue weighted by Gasteiger charge is -2.32. The van der Waals surface area contributed by atoms with Crippen molar-refractivity contribution in [2.75, 3.05) is 13.1 Å². The summed E-state index contributed by atoms with van der Waals surface area (Å²) in [7, 11) is 1.67. The summed E-state index contributed by atoms with van der Waals surface area (Å²) in [5, 5.41) is 7.88. The van der Waals surface area contributed by atoms with Crippen LogP contribution in [0.15, 0.2) is 22.9 Å². The third kappa shape index (κ3) is 3.54. The van der Waals surface area contributed by atoms with Crippen LogP contribution < -0.4 is 0 Å². The molecule has 7 nitrogen and oxygen atoms in total. The Morgan fingerprint density at radius 1 is 1.33 bits per heavy atom. The molecule has 160 valence electrons. The van der Waals surface area contributed by atoms with Gasteiger partial charge >= 0.3 is 6.18 Å². The van der Waals surface area contributed by atoms with E-state index in [1.54, 1.807) is 31.9 Å². The molecule has 3 aromatic rings. The number of pyridine rings is 1. The van der Waals surface area contributed by atoms with Gasteiger partial charge in [-0.1, -0.05) is 19.0 Å². The highest BCUT2D eigenvalue weighted by Gasteiger charge is 2.38. The minimum atomic E-state index is -4.57. The van der Waals surface area contributed by atoms with Crippen molar-refractivity contribution in [3.8, 4) is 0 Å². The first-order valence-electron chi connectivity index (χ1n) is 9.81. The van der Waals surface area contributed by atoms with Gasteiger partial charge in [0.25, 0.3) is 11.6 Å². The summed E-state index contributed by atoms with van der Waals surface area (Å²) in [5.41, 5.74) is 0.0397. The predicted molar refractivity (Wildman–Crippen MR) is 102 cm³/mol. The molecule has 1 aliphatic rings. The van der Waals surface area contributed by atoms with Crippen molar-refractivity contribution < 1.29 is 22.5 Å². The number of hydrogen-bond acceptors (Lipinski definition) is 5. The van der Waals surface area contributed by atoms with Crippen LogP contribution in [0.2, 0.25) is 0 Å². The van der Waals surface area contributed by atoms with Gasteiger partial charge in [0.1, 0.15) is 5.69 Å². The number of aryl methyl sites for hydroxylation is 1. The van der Waals surface area contributed by atoms with Gasteiger partial charge in [0.2, 0.25) is 0 Å². The lowest BCUT2D eigenvalue weighted by molar-refractivity contribution is -0.136. The maximum atomic E-state index is 13.8. The number of piperidine rings is 1. The Morgan fingerprint density at radius 2 is 2.10 bits per heavy atom. The van der Waals surface area contributed by atoms with Crippen molar-refractivity contribution in [2.24, 2.45) is 7.05 Å². The van der Waals surface area contributed by atoms with Crippen LogP contribution in [-0.2, 0) is 13.2 Å². The Labute approximate surface area is 170 Å². The number of carbonyl (C=O) groups excluding carboxylic acids is 1. The number of fused-ring (bicyclic) bond motifs is 1. The van der Waals surface area contributed by atoms with Gasteiger partial charge in [-0.2, -0.15) is 18.3 Å². The summed E-state index contributed by atoms with van der Waals surface area (Å²) >= 11 is 0. The lowest BCUT2D eigenvalue weighted by atomic mass is 9.91. The largest absolute Gasteiger partial charge is 0.417 e. The van der Waals surface area contributed by atoms with Crippen molar-refractivity contribution in [3.05, 3.63) is 41.0 Å². The predicted octanol–water partition coefficient (Wildman–Crippen LogP) is 4.12. The summed E-state index contributed by atoms with van der Waals surface area (Å²) in [5.74, 6) is -0.764. The molecule has 0 bridgehead atoms. The zero-order valence-electron chi connectivity index (χ0n) is 16.9. The van der Waals surface area contributed by atoms with E-state index in [9.17, 15) is 18.0 Å². The maximum absolute atomic E-state index is 13.8. The minimum absolute atomic E-state index is 0.105. The highest BCUT2D eigenvalue weighted by atomic mass is 19.4. The molecular formula is C20H22F3N5O2. The van der Waals surface area contributed by atoms with Crippen molar-refractivity contribution in [2.45, 2.75) is 44.7 Å². The zero-order valence-corrected chi connectivity index (χ0v) is 16.9. The molecule has 1 amide bonds. The molecule has 1 aliphatic heterocycles. The third-order valence-corrected chi connectivity index (χ3v) is 5.52. The van der Waals surface area contributed by atoms with Gasteiger partial charge in [-0.3, -0.25) is 9.48 Å². The summed E-state index contributed by atoms with van der Waals surface area (Å²) < 4.78 is 48.3. The molecule has 1 fully saturated rings. The fourth-order valence-electron chi connectivity index (χ4n) is 3.92. The number of halogens is 3. The van der Waals surface area contributed by atoms with Crippen LogP contribution in [0.4, 0.5) is 13.2 Å². The molecule has 0 radical (unpaired) electrons. The van der Waals surface area contributed by atoms with Gasteiger partial charge in [-0.05, 0) is 30.9 Å². The molecule has 4 rings (SSSR count). The average molecular weight is 421 g/mol. The van der Waals surface area contributed by atoms with Crippen molar-refractivity contribution >= 4 is 17.0 Å². The van der Waals surface area contributed by atoms with Crippen LogP contribution in [0.3, 0.4) is 0 Å². The topological polar surface area (TPSA) is 77.0 Å². The van der Waals surface area contributed by atoms with Crippen LogP contribution >= 0.6 is 0 Å². The molecule has 0 saturated carbocycles. The van der Waals surface area contributed by atoms with Crippen LogP contribution in [-0.4, -0.2) is 43.8 Å². The third-order valence-electron chi connectivity index (χ3n) is 5.52. The lowest BCUT2D eigenvalue weighted by Crippen LogP contribution is -2.40. The number of alkyl halides is 3. The Morgan fingerprint density at radius 3 is 2.73 bits per heavy atom. The van der Waals surface area contributed by atoms with Crippen LogP contribution in [0.5, 0.6) is 0 Å². The first kappa shape index (κ1) is 20.4. The fraction of sp³-hybridized carbons (Fsp3) is 0.500. The molecule has 0 spiro atoms. The van der Waals surface area contributed by atoms with Gasteiger partial charge < -0.3 is 9.42 Å². The Bertz CT molecular complexity index is 1090. The van der Waals surface area contributed by atoms with Gasteiger partial charge in [0.05, 0.1) is 16.6 Å². The highest BCUT2D eigenvalue weighted by Crippen LogP contribution is 2.40. The van der Waals surface area contributed by atoms with E-state index >= 15 is 0 Å². The summed E-state index contributed by atoms with van der Waals surface area (Å²) in [4.78, 5) is 18.7. The van der Waals surface area contributed by atoms with Gasteiger partial charge in [-0.15, -0.1) is 0 Å². The van der Waals surface area contributed by atoms with Crippen molar-refractivity contribution in [1.29, 1.82) is 0 Å². The Hall–Kier alpha value is -2.91. The van der Waals surface area contributed by atoms with E-state index in [0.717, 1.165) is 6.07 Å². The number of rotatable bonds is 3. The number of amides is 1. The molecule has 4 heterocycles. The zero-order chi connectivity index (χ0) is 21.6. The molecule has 10 heteroatoms. The minimum Gasteiger partial charge on any atom is -0.337 e. The quantitative estimate of drug-likeness (QED) is 0.636. The normalized spacial score (nSPS) is 17.8. The first-order valence-corrected chi connectivity index (χ1v) is 9.81. The molecule has 1 saturated heterocycles. The first-order chi connectivity index (χ1) is 14.2. The second-order valence-corrected chi connectivity index (χ2v) is 7.93. The fourth-order valence-corrected chi connectivity index (χ4v) is 3.92. The molecular weight excluding hydrogens is 399 g/mol. The van der Waals surface area contributed by atoms with Crippen LogP contribution in [0.25, 0.3) is 11.1 Å². The molecule has 0 aliphatic carbocycles. The number of carbonyl (C=O) groups is 1. The molecule has 1 unspecified atom stereocenters. The SMILES string of the molecule is CC(C)c1cc(C(F)(F)F)c2c(C3CCCN(C(=O)c4ccnn4C)C3)noc2n1. The van der Waals surface area contributed by atoms with E-state index in [2.05, 4.69) is 15.2 Å². The van der Waals surface area contributed by atoms with Gasteiger partial charge in [0, 0.05) is 37.9 Å². The van der Waals surface area contributed by atoms with Crippen LogP contribution in [0, 0.1) is 0 Å². The Balaban J connectivity index is 1.72. The number of likely N-dealkylation sites (tertiary alicyclic amines) is 1. The van der Waals surface area contributed by atoms with Gasteiger partial charge in [-0.25, -0.2) is 4.98 Å².